The number of nitrogens with one attached hydrogen (secondary N) is 1. The highest BCUT2D eigenvalue weighted by Gasteiger charge is 2.07. The molecule has 0 spiro atoms. The van der Waals surface area contributed by atoms with Gasteiger partial charge in [0, 0.05) is 6.42 Å². The van der Waals surface area contributed by atoms with Crippen molar-refractivity contribution in [3.63, 3.8) is 0 Å². The van der Waals surface area contributed by atoms with Gasteiger partial charge in [-0.25, -0.2) is 9.78 Å². The zero-order chi connectivity index (χ0) is 12.1. The maximum Gasteiger partial charge on any atom is 0.354 e. The number of aromatic nitrogens is 1. The molecule has 1 rings (SSSR count). The first-order chi connectivity index (χ1) is 7.49. The first-order valence-corrected chi connectivity index (χ1v) is 4.98. The summed E-state index contributed by atoms with van der Waals surface area (Å²) in [5, 5.41) is 11.3. The number of rotatable bonds is 4. The molecule has 0 atom stereocenters. The molecule has 0 unspecified atom stereocenters. The summed E-state index contributed by atoms with van der Waals surface area (Å²) >= 11 is 0. The topological polar surface area (TPSA) is 79.3 Å². The van der Waals surface area contributed by atoms with Crippen molar-refractivity contribution < 1.29 is 14.7 Å². The van der Waals surface area contributed by atoms with Gasteiger partial charge >= 0.3 is 5.97 Å². The monoisotopic (exact) mass is 222 g/mol. The first kappa shape index (κ1) is 12.2. The number of carboxylic acid groups (broad SMARTS) is 1. The summed E-state index contributed by atoms with van der Waals surface area (Å²) in [6.45, 7) is 3.90. The number of nitrogens with zero attached hydrogens (tertiary/aromatic N) is 1. The number of anilines is 1. The van der Waals surface area contributed by atoms with Gasteiger partial charge in [-0.15, -0.1) is 0 Å². The Hall–Kier alpha value is -1.91. The van der Waals surface area contributed by atoms with Crippen LogP contribution in [0.1, 0.15) is 30.8 Å². The van der Waals surface area contributed by atoms with Crippen LogP contribution in [0.2, 0.25) is 0 Å². The number of pyridine rings is 1. The van der Waals surface area contributed by atoms with Crippen LogP contribution in [0.25, 0.3) is 0 Å². The molecule has 0 bridgehead atoms. The molecule has 5 nitrogen and oxygen atoms in total. The SMILES string of the molecule is CC(C)CC(=O)Nc1ccc(C(=O)O)nc1. The summed E-state index contributed by atoms with van der Waals surface area (Å²) in [4.78, 5) is 25.6. The van der Waals surface area contributed by atoms with Gasteiger partial charge in [-0.3, -0.25) is 4.79 Å². The van der Waals surface area contributed by atoms with Crippen LogP contribution in [0.4, 0.5) is 5.69 Å². The predicted octanol–water partition coefficient (Wildman–Crippen LogP) is 1.76. The van der Waals surface area contributed by atoms with Crippen molar-refractivity contribution in [1.29, 1.82) is 0 Å². The third kappa shape index (κ3) is 3.68. The number of aromatic carboxylic acids is 1. The van der Waals surface area contributed by atoms with E-state index in [1.807, 2.05) is 13.8 Å². The van der Waals surface area contributed by atoms with Crippen molar-refractivity contribution in [3.8, 4) is 0 Å². The summed E-state index contributed by atoms with van der Waals surface area (Å²) in [6.07, 6.45) is 1.77. The Balaban J connectivity index is 2.62. The molecule has 0 radical (unpaired) electrons. The fourth-order valence-electron chi connectivity index (χ4n) is 1.18. The van der Waals surface area contributed by atoms with Crippen LogP contribution in [0.5, 0.6) is 0 Å². The minimum Gasteiger partial charge on any atom is -0.477 e. The van der Waals surface area contributed by atoms with Gasteiger partial charge in [-0.1, -0.05) is 13.8 Å². The molecule has 86 valence electrons. The largest absolute Gasteiger partial charge is 0.477 e. The van der Waals surface area contributed by atoms with E-state index in [9.17, 15) is 9.59 Å². The van der Waals surface area contributed by atoms with Crippen molar-refractivity contribution in [2.75, 3.05) is 5.32 Å². The Morgan fingerprint density at radius 3 is 2.56 bits per heavy atom. The van der Waals surface area contributed by atoms with Crippen LogP contribution in [0.15, 0.2) is 18.3 Å². The van der Waals surface area contributed by atoms with Gasteiger partial charge in [0.2, 0.25) is 5.91 Å². The van der Waals surface area contributed by atoms with Crippen molar-refractivity contribution in [2.24, 2.45) is 5.92 Å². The Kier molecular flexibility index (Phi) is 3.99. The number of carbonyl (C=O) groups excluding carboxylic acids is 1. The Morgan fingerprint density at radius 1 is 1.44 bits per heavy atom. The molecule has 0 saturated heterocycles. The second-order valence-electron chi connectivity index (χ2n) is 3.88. The lowest BCUT2D eigenvalue weighted by Crippen LogP contribution is -2.14. The maximum absolute atomic E-state index is 11.4. The molecule has 0 aliphatic rings. The van der Waals surface area contributed by atoms with E-state index in [0.29, 0.717) is 12.1 Å². The van der Waals surface area contributed by atoms with Gasteiger partial charge in [0.15, 0.2) is 0 Å². The summed E-state index contributed by atoms with van der Waals surface area (Å²) in [5.41, 5.74) is 0.470. The highest BCUT2D eigenvalue weighted by molar-refractivity contribution is 5.91. The third-order valence-electron chi connectivity index (χ3n) is 1.86. The molecule has 0 aliphatic heterocycles. The molecular formula is C11H14N2O3. The van der Waals surface area contributed by atoms with Gasteiger partial charge < -0.3 is 10.4 Å². The lowest BCUT2D eigenvalue weighted by Gasteiger charge is -2.06. The zero-order valence-corrected chi connectivity index (χ0v) is 9.23. The molecule has 1 aromatic heterocycles. The zero-order valence-electron chi connectivity index (χ0n) is 9.23. The highest BCUT2D eigenvalue weighted by atomic mass is 16.4. The van der Waals surface area contributed by atoms with Gasteiger partial charge in [0.25, 0.3) is 0 Å². The maximum atomic E-state index is 11.4. The van der Waals surface area contributed by atoms with E-state index in [1.165, 1.54) is 18.3 Å². The molecule has 0 saturated carbocycles. The lowest BCUT2D eigenvalue weighted by molar-refractivity contribution is -0.116. The molecule has 0 aliphatic carbocycles. The van der Waals surface area contributed by atoms with E-state index >= 15 is 0 Å². The van der Waals surface area contributed by atoms with E-state index in [-0.39, 0.29) is 17.5 Å². The fraction of sp³-hybridized carbons (Fsp3) is 0.364. The van der Waals surface area contributed by atoms with Crippen molar-refractivity contribution >= 4 is 17.6 Å². The fourth-order valence-corrected chi connectivity index (χ4v) is 1.18. The normalized spacial score (nSPS) is 10.2. The van der Waals surface area contributed by atoms with Crippen LogP contribution in [0.3, 0.4) is 0 Å². The smallest absolute Gasteiger partial charge is 0.354 e. The van der Waals surface area contributed by atoms with Gasteiger partial charge in [0.05, 0.1) is 11.9 Å². The predicted molar refractivity (Wildman–Crippen MR) is 59.3 cm³/mol. The number of hydrogen-bond donors (Lipinski definition) is 2. The average molecular weight is 222 g/mol. The van der Waals surface area contributed by atoms with Crippen LogP contribution in [-0.2, 0) is 4.79 Å². The molecule has 0 fully saturated rings. The minimum absolute atomic E-state index is 0.0399. The Labute approximate surface area is 93.5 Å². The van der Waals surface area contributed by atoms with Crippen molar-refractivity contribution in [1.82, 2.24) is 4.98 Å². The molecule has 1 amide bonds. The van der Waals surface area contributed by atoms with Crippen LogP contribution in [0, 0.1) is 5.92 Å². The third-order valence-corrected chi connectivity index (χ3v) is 1.86. The quantitative estimate of drug-likeness (QED) is 0.813. The summed E-state index contributed by atoms with van der Waals surface area (Å²) in [5.74, 6) is -0.897. The molecule has 0 aromatic carbocycles. The molecule has 1 heterocycles. The summed E-state index contributed by atoms with van der Waals surface area (Å²) in [7, 11) is 0. The second kappa shape index (κ2) is 5.25. The first-order valence-electron chi connectivity index (χ1n) is 4.98. The number of hydrogen-bond acceptors (Lipinski definition) is 3. The Bertz CT molecular complexity index is 385. The lowest BCUT2D eigenvalue weighted by atomic mass is 10.1. The minimum atomic E-state index is -1.08. The second-order valence-corrected chi connectivity index (χ2v) is 3.88. The molecule has 16 heavy (non-hydrogen) atoms. The Morgan fingerprint density at radius 2 is 2.12 bits per heavy atom. The number of carboxylic acids is 1. The van der Waals surface area contributed by atoms with E-state index < -0.39 is 5.97 Å². The van der Waals surface area contributed by atoms with Crippen molar-refractivity contribution in [2.45, 2.75) is 20.3 Å². The summed E-state index contributed by atoms with van der Waals surface area (Å²) in [6, 6.07) is 2.88. The number of amides is 1. The van der Waals surface area contributed by atoms with Gasteiger partial charge in [-0.2, -0.15) is 0 Å². The van der Waals surface area contributed by atoms with E-state index in [2.05, 4.69) is 10.3 Å². The average Bonchev–Trinajstić information content (AvgIpc) is 2.16. The van der Waals surface area contributed by atoms with E-state index in [4.69, 9.17) is 5.11 Å². The van der Waals surface area contributed by atoms with Gasteiger partial charge in [-0.05, 0) is 18.1 Å². The van der Waals surface area contributed by atoms with Crippen LogP contribution in [-0.4, -0.2) is 22.0 Å². The highest BCUT2D eigenvalue weighted by Crippen LogP contribution is 2.08. The summed E-state index contributed by atoms with van der Waals surface area (Å²) < 4.78 is 0. The van der Waals surface area contributed by atoms with E-state index in [0.717, 1.165) is 0 Å². The van der Waals surface area contributed by atoms with Crippen LogP contribution >= 0.6 is 0 Å². The van der Waals surface area contributed by atoms with E-state index in [1.54, 1.807) is 0 Å². The van der Waals surface area contributed by atoms with Crippen molar-refractivity contribution in [3.05, 3.63) is 24.0 Å². The standard InChI is InChI=1S/C11H14N2O3/c1-7(2)5-10(14)13-8-3-4-9(11(15)16)12-6-8/h3-4,6-7H,5H2,1-2H3,(H,13,14)(H,15,16). The molecular weight excluding hydrogens is 208 g/mol. The van der Waals surface area contributed by atoms with Gasteiger partial charge in [0.1, 0.15) is 5.69 Å². The van der Waals surface area contributed by atoms with Crippen LogP contribution < -0.4 is 5.32 Å². The molecule has 1 aromatic rings. The molecule has 5 heteroatoms. The number of carbonyl (C=O) groups is 2. The molecule has 2 N–H and O–H groups in total.